The van der Waals surface area contributed by atoms with Crippen molar-refractivity contribution in [1.82, 2.24) is 0 Å². The number of hydrogen-bond acceptors (Lipinski definition) is 0. The monoisotopic (exact) mass is 820 g/mol. The van der Waals surface area contributed by atoms with Gasteiger partial charge in [0, 0.05) is 7.26 Å². The maximum atomic E-state index is 2.61. The Kier molecular flexibility index (Phi) is 51.2. The standard InChI is InChI=1S/C56H116P/c1-5-9-12-15-18-21-24-27-30-33-36-39-42-45-48-51-54-57(8-4,55-52-49-46-43-40-37-34-31-28-25-22-19-16-13-10-6-2)56-53-50-47-44-41-38-35-32-29-26-23-20-17-14-11-7-3/h5-56H2,1-4H3/q+1. The predicted octanol–water partition coefficient (Wildman–Crippen LogP) is 21.8. The van der Waals surface area contributed by atoms with E-state index in [1.807, 2.05) is 0 Å². The van der Waals surface area contributed by atoms with Crippen molar-refractivity contribution in [2.24, 2.45) is 0 Å². The van der Waals surface area contributed by atoms with Crippen LogP contribution < -0.4 is 0 Å². The minimum absolute atomic E-state index is 0.742. The Labute approximate surface area is 366 Å². The SMILES string of the molecule is CCCCCCCCCCCCCCCCCC[P+](CC)(CCCCCCCCCCCCCCCCCC)CCCCCCCCCCCCCCCCCC. The number of hydrogen-bond donors (Lipinski definition) is 0. The highest BCUT2D eigenvalue weighted by Crippen LogP contribution is 2.60. The van der Waals surface area contributed by atoms with Crippen molar-refractivity contribution in [3.8, 4) is 0 Å². The lowest BCUT2D eigenvalue weighted by atomic mass is 10.0. The molecule has 0 heterocycles. The van der Waals surface area contributed by atoms with Crippen LogP contribution in [0.25, 0.3) is 0 Å². The zero-order chi connectivity index (χ0) is 41.3. The average molecular weight is 821 g/mol. The van der Waals surface area contributed by atoms with E-state index in [1.165, 1.54) is 289 Å². The van der Waals surface area contributed by atoms with E-state index in [0.29, 0.717) is 0 Å². The highest BCUT2D eigenvalue weighted by molar-refractivity contribution is 7.75. The largest absolute Gasteiger partial charge is 0.0654 e. The van der Waals surface area contributed by atoms with Crippen molar-refractivity contribution >= 4 is 7.26 Å². The van der Waals surface area contributed by atoms with Crippen LogP contribution in [0.2, 0.25) is 0 Å². The van der Waals surface area contributed by atoms with Crippen molar-refractivity contribution in [2.45, 2.75) is 336 Å². The van der Waals surface area contributed by atoms with E-state index in [-0.39, 0.29) is 0 Å². The molecule has 0 nitrogen and oxygen atoms in total. The normalized spacial score (nSPS) is 12.0. The highest BCUT2D eigenvalue weighted by Gasteiger charge is 2.33. The molecule has 0 aromatic heterocycles. The summed E-state index contributed by atoms with van der Waals surface area (Å²) >= 11 is 0. The van der Waals surface area contributed by atoms with Crippen molar-refractivity contribution in [2.75, 3.05) is 24.6 Å². The topological polar surface area (TPSA) is 0 Å². The molecule has 344 valence electrons. The van der Waals surface area contributed by atoms with Crippen molar-refractivity contribution < 1.29 is 0 Å². The van der Waals surface area contributed by atoms with Crippen LogP contribution in [0.5, 0.6) is 0 Å². The van der Waals surface area contributed by atoms with Gasteiger partial charge in [0.05, 0.1) is 24.6 Å². The summed E-state index contributed by atoms with van der Waals surface area (Å²) in [5, 5.41) is 0. The van der Waals surface area contributed by atoms with Gasteiger partial charge in [0.25, 0.3) is 0 Å². The molecule has 0 N–H and O–H groups in total. The molecule has 57 heavy (non-hydrogen) atoms. The molecule has 0 aliphatic carbocycles. The maximum absolute atomic E-state index is 2.61. The van der Waals surface area contributed by atoms with E-state index in [1.54, 1.807) is 43.9 Å². The summed E-state index contributed by atoms with van der Waals surface area (Å²) in [7, 11) is -0.742. The zero-order valence-corrected chi connectivity index (χ0v) is 42.1. The fraction of sp³-hybridized carbons (Fsp3) is 1.00. The third kappa shape index (κ3) is 45.8. The fourth-order valence-electron chi connectivity index (χ4n) is 9.80. The zero-order valence-electron chi connectivity index (χ0n) is 41.2. The molecule has 0 aliphatic heterocycles. The summed E-state index contributed by atoms with van der Waals surface area (Å²) in [5.41, 5.74) is 0. The molecule has 0 aromatic rings. The third-order valence-corrected chi connectivity index (χ3v) is 19.3. The molecule has 0 rings (SSSR count). The van der Waals surface area contributed by atoms with Crippen LogP contribution >= 0.6 is 7.26 Å². The van der Waals surface area contributed by atoms with Crippen molar-refractivity contribution in [3.63, 3.8) is 0 Å². The Balaban J connectivity index is 4.19. The Hall–Kier alpha value is 0.430. The molecule has 0 unspecified atom stereocenters. The molecule has 0 radical (unpaired) electrons. The average Bonchev–Trinajstić information content (AvgIpc) is 3.22. The van der Waals surface area contributed by atoms with E-state index in [0.717, 1.165) is 0 Å². The van der Waals surface area contributed by atoms with Gasteiger partial charge in [-0.1, -0.05) is 290 Å². The van der Waals surface area contributed by atoms with Gasteiger partial charge in [-0.25, -0.2) is 0 Å². The van der Waals surface area contributed by atoms with E-state index in [2.05, 4.69) is 27.7 Å². The van der Waals surface area contributed by atoms with Crippen LogP contribution in [0.3, 0.4) is 0 Å². The molecule has 0 amide bonds. The molecule has 0 aliphatic rings. The smallest absolute Gasteiger partial charge is 0.0594 e. The number of rotatable bonds is 52. The van der Waals surface area contributed by atoms with Gasteiger partial charge in [-0.2, -0.15) is 0 Å². The lowest BCUT2D eigenvalue weighted by Gasteiger charge is -2.27. The highest BCUT2D eigenvalue weighted by atomic mass is 31.2. The first kappa shape index (κ1) is 57.4. The number of unbranched alkanes of at least 4 members (excludes halogenated alkanes) is 45. The first-order valence-electron chi connectivity index (χ1n) is 28.1. The van der Waals surface area contributed by atoms with E-state index in [4.69, 9.17) is 0 Å². The second-order valence-corrected chi connectivity index (χ2v) is 24.4. The van der Waals surface area contributed by atoms with Gasteiger partial charge in [0.2, 0.25) is 0 Å². The van der Waals surface area contributed by atoms with Gasteiger partial charge in [0.15, 0.2) is 0 Å². The second kappa shape index (κ2) is 50.8. The minimum atomic E-state index is -0.742. The summed E-state index contributed by atoms with van der Waals surface area (Å²) in [4.78, 5) is 0. The van der Waals surface area contributed by atoms with Crippen LogP contribution in [0.1, 0.15) is 336 Å². The summed E-state index contributed by atoms with van der Waals surface area (Å²) in [5.74, 6) is 0. The minimum Gasteiger partial charge on any atom is -0.0654 e. The first-order valence-corrected chi connectivity index (χ1v) is 30.6. The summed E-state index contributed by atoms with van der Waals surface area (Å²) in [6.45, 7) is 9.58. The third-order valence-electron chi connectivity index (χ3n) is 14.1. The molecule has 0 saturated carbocycles. The second-order valence-electron chi connectivity index (χ2n) is 19.7. The van der Waals surface area contributed by atoms with Gasteiger partial charge in [-0.15, -0.1) is 0 Å². The molecule has 0 aromatic carbocycles. The van der Waals surface area contributed by atoms with Crippen molar-refractivity contribution in [3.05, 3.63) is 0 Å². The molecular formula is C56H116P+. The van der Waals surface area contributed by atoms with Crippen LogP contribution in [0, 0.1) is 0 Å². The molecule has 0 fully saturated rings. The van der Waals surface area contributed by atoms with Crippen LogP contribution in [0.4, 0.5) is 0 Å². The molecule has 0 bridgehead atoms. The lowest BCUT2D eigenvalue weighted by molar-refractivity contribution is 0.530. The fourth-order valence-corrected chi connectivity index (χ4v) is 14.1. The Morgan fingerprint density at radius 2 is 0.281 bits per heavy atom. The summed E-state index contributed by atoms with van der Waals surface area (Å²) in [6, 6.07) is 0. The summed E-state index contributed by atoms with van der Waals surface area (Å²) < 4.78 is 0. The van der Waals surface area contributed by atoms with Gasteiger partial charge in [0.1, 0.15) is 0 Å². The van der Waals surface area contributed by atoms with Gasteiger partial charge in [-0.05, 0) is 45.4 Å². The maximum Gasteiger partial charge on any atom is 0.0594 e. The van der Waals surface area contributed by atoms with E-state index >= 15 is 0 Å². The van der Waals surface area contributed by atoms with E-state index in [9.17, 15) is 0 Å². The molecule has 0 saturated heterocycles. The molecule has 0 atom stereocenters. The quantitative estimate of drug-likeness (QED) is 0.0424. The van der Waals surface area contributed by atoms with Crippen LogP contribution in [-0.2, 0) is 0 Å². The van der Waals surface area contributed by atoms with Crippen LogP contribution in [-0.4, -0.2) is 24.6 Å². The van der Waals surface area contributed by atoms with Gasteiger partial charge in [-0.3, -0.25) is 0 Å². The predicted molar refractivity (Wildman–Crippen MR) is 271 cm³/mol. The molecule has 1 heteroatoms. The summed E-state index contributed by atoms with van der Waals surface area (Å²) in [6.07, 6.45) is 78.0. The van der Waals surface area contributed by atoms with Crippen molar-refractivity contribution in [1.29, 1.82) is 0 Å². The van der Waals surface area contributed by atoms with Crippen LogP contribution in [0.15, 0.2) is 0 Å². The lowest BCUT2D eigenvalue weighted by Crippen LogP contribution is -2.11. The first-order chi connectivity index (χ1) is 28.2. The van der Waals surface area contributed by atoms with Gasteiger partial charge < -0.3 is 0 Å². The Morgan fingerprint density at radius 1 is 0.158 bits per heavy atom. The Bertz CT molecular complexity index is 596. The Morgan fingerprint density at radius 3 is 0.404 bits per heavy atom. The van der Waals surface area contributed by atoms with Gasteiger partial charge >= 0.3 is 0 Å². The molecular weight excluding hydrogens is 704 g/mol. The molecule has 0 spiro atoms. The van der Waals surface area contributed by atoms with E-state index < -0.39 is 7.26 Å².